The van der Waals surface area contributed by atoms with Gasteiger partial charge < -0.3 is 5.32 Å². The van der Waals surface area contributed by atoms with Crippen LogP contribution in [0.25, 0.3) is 0 Å². The molecule has 0 radical (unpaired) electrons. The Hall–Kier alpha value is -1.67. The van der Waals surface area contributed by atoms with Gasteiger partial charge in [0.25, 0.3) is 0 Å². The van der Waals surface area contributed by atoms with Crippen LogP contribution >= 0.6 is 0 Å². The molecule has 16 heavy (non-hydrogen) atoms. The zero-order valence-electron chi connectivity index (χ0n) is 9.64. The summed E-state index contributed by atoms with van der Waals surface area (Å²) in [6, 6.07) is 14.5. The maximum atomic E-state index is 4.18. The van der Waals surface area contributed by atoms with Crippen molar-refractivity contribution < 1.29 is 0 Å². The van der Waals surface area contributed by atoms with Gasteiger partial charge in [-0.15, -0.1) is 0 Å². The highest BCUT2D eigenvalue weighted by atomic mass is 14.9. The van der Waals surface area contributed by atoms with Crippen LogP contribution in [0.5, 0.6) is 0 Å². The highest BCUT2D eigenvalue weighted by molar-refractivity contribution is 5.35. The minimum Gasteiger partial charge on any atom is -0.307 e. The van der Waals surface area contributed by atoms with E-state index in [4.69, 9.17) is 0 Å². The molecule has 2 aromatic rings. The number of hydrogen-bond donors (Lipinski definition) is 1. The lowest BCUT2D eigenvalue weighted by atomic mass is 9.86. The van der Waals surface area contributed by atoms with E-state index in [-0.39, 0.29) is 5.54 Å². The van der Waals surface area contributed by atoms with Gasteiger partial charge in [0.15, 0.2) is 0 Å². The summed E-state index contributed by atoms with van der Waals surface area (Å²) in [7, 11) is 1.97. The van der Waals surface area contributed by atoms with Gasteiger partial charge in [0.05, 0.1) is 5.54 Å². The van der Waals surface area contributed by atoms with Gasteiger partial charge in [-0.1, -0.05) is 36.4 Å². The molecule has 0 bridgehead atoms. The fourth-order valence-electron chi connectivity index (χ4n) is 1.89. The molecule has 0 aliphatic rings. The number of hydrogen-bond acceptors (Lipinski definition) is 2. The molecule has 1 heterocycles. The molecule has 0 saturated heterocycles. The van der Waals surface area contributed by atoms with E-state index in [1.807, 2.05) is 25.4 Å². The third-order valence-corrected chi connectivity index (χ3v) is 3.09. The Labute approximate surface area is 96.4 Å². The molecule has 2 rings (SSSR count). The number of aromatic nitrogens is 1. The number of rotatable bonds is 3. The van der Waals surface area contributed by atoms with E-state index in [1.165, 1.54) is 11.1 Å². The van der Waals surface area contributed by atoms with Gasteiger partial charge in [0, 0.05) is 12.4 Å². The monoisotopic (exact) mass is 212 g/mol. The summed E-state index contributed by atoms with van der Waals surface area (Å²) in [5, 5.41) is 3.37. The SMILES string of the molecule is CN[C@](C)(c1ccccc1)c1cccnc1. The fourth-order valence-corrected chi connectivity index (χ4v) is 1.89. The molecule has 0 unspecified atom stereocenters. The summed E-state index contributed by atoms with van der Waals surface area (Å²) >= 11 is 0. The molecule has 1 N–H and O–H groups in total. The van der Waals surface area contributed by atoms with E-state index in [0.717, 1.165) is 0 Å². The van der Waals surface area contributed by atoms with E-state index in [1.54, 1.807) is 6.20 Å². The second-order valence-corrected chi connectivity index (χ2v) is 3.98. The zero-order valence-corrected chi connectivity index (χ0v) is 9.64. The molecule has 1 aromatic heterocycles. The standard InChI is InChI=1S/C14H16N2/c1-14(15-2,12-7-4-3-5-8-12)13-9-6-10-16-11-13/h3-11,15H,1-2H3/t14-/m1/s1. The van der Waals surface area contributed by atoms with Gasteiger partial charge in [-0.3, -0.25) is 4.98 Å². The first-order chi connectivity index (χ1) is 7.77. The van der Waals surface area contributed by atoms with Crippen molar-refractivity contribution in [1.29, 1.82) is 0 Å². The van der Waals surface area contributed by atoms with E-state index < -0.39 is 0 Å². The van der Waals surface area contributed by atoms with Crippen molar-refractivity contribution in [1.82, 2.24) is 10.3 Å². The number of pyridine rings is 1. The van der Waals surface area contributed by atoms with Gasteiger partial charge in [-0.2, -0.15) is 0 Å². The highest BCUT2D eigenvalue weighted by Crippen LogP contribution is 2.27. The maximum Gasteiger partial charge on any atom is 0.0674 e. The van der Waals surface area contributed by atoms with Gasteiger partial charge in [0.1, 0.15) is 0 Å². The topological polar surface area (TPSA) is 24.9 Å². The first-order valence-electron chi connectivity index (χ1n) is 5.42. The van der Waals surface area contributed by atoms with E-state index in [9.17, 15) is 0 Å². The van der Waals surface area contributed by atoms with Gasteiger partial charge in [0.2, 0.25) is 0 Å². The van der Waals surface area contributed by atoms with Crippen LogP contribution in [0, 0.1) is 0 Å². The Morgan fingerprint density at radius 3 is 2.25 bits per heavy atom. The molecule has 82 valence electrons. The summed E-state index contributed by atoms with van der Waals surface area (Å²) in [4.78, 5) is 4.18. The van der Waals surface area contributed by atoms with Crippen molar-refractivity contribution in [3.63, 3.8) is 0 Å². The summed E-state index contributed by atoms with van der Waals surface area (Å²) in [5.74, 6) is 0. The molecule has 2 heteroatoms. The Morgan fingerprint density at radius 1 is 1.00 bits per heavy atom. The fraction of sp³-hybridized carbons (Fsp3) is 0.214. The van der Waals surface area contributed by atoms with Crippen LogP contribution in [0.1, 0.15) is 18.1 Å². The van der Waals surface area contributed by atoms with E-state index in [0.29, 0.717) is 0 Å². The van der Waals surface area contributed by atoms with Crippen LogP contribution in [-0.4, -0.2) is 12.0 Å². The molecular formula is C14H16N2. The van der Waals surface area contributed by atoms with Crippen molar-refractivity contribution in [3.8, 4) is 0 Å². The zero-order chi connectivity index (χ0) is 11.4. The summed E-state index contributed by atoms with van der Waals surface area (Å²) in [5.41, 5.74) is 2.23. The molecule has 0 saturated carbocycles. The minimum atomic E-state index is -0.185. The van der Waals surface area contributed by atoms with Crippen LogP contribution in [0.4, 0.5) is 0 Å². The Balaban J connectivity index is 2.49. The van der Waals surface area contributed by atoms with Crippen LogP contribution in [0.15, 0.2) is 54.9 Å². The second kappa shape index (κ2) is 4.45. The molecule has 0 spiro atoms. The number of nitrogens with zero attached hydrogens (tertiary/aromatic N) is 1. The lowest BCUT2D eigenvalue weighted by Gasteiger charge is -2.30. The van der Waals surface area contributed by atoms with Crippen LogP contribution in [-0.2, 0) is 5.54 Å². The highest BCUT2D eigenvalue weighted by Gasteiger charge is 2.26. The first kappa shape index (κ1) is 10.8. The third-order valence-electron chi connectivity index (χ3n) is 3.09. The molecular weight excluding hydrogens is 196 g/mol. The molecule has 0 aliphatic heterocycles. The second-order valence-electron chi connectivity index (χ2n) is 3.98. The number of benzene rings is 1. The molecule has 1 aromatic carbocycles. The average Bonchev–Trinajstić information content (AvgIpc) is 2.40. The lowest BCUT2D eigenvalue weighted by molar-refractivity contribution is 0.483. The van der Waals surface area contributed by atoms with Gasteiger partial charge in [-0.25, -0.2) is 0 Å². The molecule has 0 aliphatic carbocycles. The summed E-state index contributed by atoms with van der Waals surface area (Å²) in [6.45, 7) is 2.17. The van der Waals surface area contributed by atoms with E-state index in [2.05, 4.69) is 47.6 Å². The van der Waals surface area contributed by atoms with Gasteiger partial charge in [-0.05, 0) is 31.2 Å². The predicted molar refractivity (Wildman–Crippen MR) is 66.2 cm³/mol. The average molecular weight is 212 g/mol. The minimum absolute atomic E-state index is 0.185. The summed E-state index contributed by atoms with van der Waals surface area (Å²) in [6.07, 6.45) is 3.70. The molecule has 1 atom stereocenters. The molecule has 0 fully saturated rings. The maximum absolute atomic E-state index is 4.18. The molecule has 0 amide bonds. The van der Waals surface area contributed by atoms with Crippen LogP contribution in [0.2, 0.25) is 0 Å². The van der Waals surface area contributed by atoms with Crippen molar-refractivity contribution >= 4 is 0 Å². The Bertz CT molecular complexity index is 397. The summed E-state index contributed by atoms with van der Waals surface area (Å²) < 4.78 is 0. The van der Waals surface area contributed by atoms with Crippen molar-refractivity contribution in [3.05, 3.63) is 66.0 Å². The Kier molecular flexibility index (Phi) is 3.02. The number of nitrogens with one attached hydrogen (secondary N) is 1. The smallest absolute Gasteiger partial charge is 0.0674 e. The van der Waals surface area contributed by atoms with E-state index >= 15 is 0 Å². The normalized spacial score (nSPS) is 14.4. The van der Waals surface area contributed by atoms with Crippen LogP contribution in [0.3, 0.4) is 0 Å². The first-order valence-corrected chi connectivity index (χ1v) is 5.42. The Morgan fingerprint density at radius 2 is 1.69 bits per heavy atom. The van der Waals surface area contributed by atoms with Crippen LogP contribution < -0.4 is 5.32 Å². The predicted octanol–water partition coefficient (Wildman–Crippen LogP) is 2.56. The largest absolute Gasteiger partial charge is 0.307 e. The van der Waals surface area contributed by atoms with Crippen molar-refractivity contribution in [2.75, 3.05) is 7.05 Å². The van der Waals surface area contributed by atoms with Crippen molar-refractivity contribution in [2.45, 2.75) is 12.5 Å². The molecule has 2 nitrogen and oxygen atoms in total. The van der Waals surface area contributed by atoms with Gasteiger partial charge >= 0.3 is 0 Å². The lowest BCUT2D eigenvalue weighted by Crippen LogP contribution is -2.37. The van der Waals surface area contributed by atoms with Crippen molar-refractivity contribution in [2.24, 2.45) is 0 Å². The quantitative estimate of drug-likeness (QED) is 0.845. The third kappa shape index (κ3) is 1.84.